The minimum atomic E-state index is -4.19. The third-order valence-electron chi connectivity index (χ3n) is 3.83. The standard InChI is InChI=1S/C10H20NO8P.C10H21NO3S.C2H6.CH2O3/c1-2-4-9(12)11-5-8-19-20(15,16)18-7-3-6-17-10(13)14;1-10(2,4-6-12)14-7-5-11-9(13)8-15-3;1-2;2-1(3)4/h2-8H2,1H3,(H,11,12)(H,13,14)(H,15,16);12H,4-8H2,1-3H3,(H,11,13);1-2H3;(H2,2,3,4). The average Bonchev–Trinajstić information content (AvgIpc) is 2.86. The molecule has 0 aromatic carbocycles. The van der Waals surface area contributed by atoms with Gasteiger partial charge in [0.15, 0.2) is 0 Å². The number of aliphatic hydroxyl groups excluding tert-OH is 1. The molecule has 1 atom stereocenters. The number of ether oxygens (including phenoxy) is 2. The van der Waals surface area contributed by atoms with Crippen molar-refractivity contribution in [2.24, 2.45) is 0 Å². The summed E-state index contributed by atoms with van der Waals surface area (Å²) in [6.45, 7) is 10.5. The highest BCUT2D eigenvalue weighted by atomic mass is 32.2. The van der Waals surface area contributed by atoms with Crippen molar-refractivity contribution in [3.05, 3.63) is 0 Å². The molecular formula is C23H49N2O14PS. The van der Waals surface area contributed by atoms with Crippen LogP contribution in [0.25, 0.3) is 0 Å². The second-order valence-corrected chi connectivity index (χ2v) is 10.2. The van der Waals surface area contributed by atoms with Crippen LogP contribution in [-0.4, -0.2) is 113 Å². The molecule has 0 rings (SSSR count). The van der Waals surface area contributed by atoms with Crippen LogP contribution < -0.4 is 10.6 Å². The Morgan fingerprint density at radius 2 is 1.41 bits per heavy atom. The summed E-state index contributed by atoms with van der Waals surface area (Å²) < 4.78 is 30.2. The maximum absolute atomic E-state index is 11.3. The minimum absolute atomic E-state index is 0.0334. The van der Waals surface area contributed by atoms with E-state index in [2.05, 4.69) is 24.4 Å². The first-order chi connectivity index (χ1) is 19.1. The van der Waals surface area contributed by atoms with Crippen molar-refractivity contribution in [1.29, 1.82) is 0 Å². The van der Waals surface area contributed by atoms with Gasteiger partial charge in [0.25, 0.3) is 0 Å². The summed E-state index contributed by atoms with van der Waals surface area (Å²) in [5, 5.41) is 36.1. The Hall–Kier alpha value is -2.14. The zero-order valence-electron chi connectivity index (χ0n) is 24.8. The van der Waals surface area contributed by atoms with Crippen molar-refractivity contribution in [1.82, 2.24) is 10.6 Å². The van der Waals surface area contributed by atoms with Crippen LogP contribution in [-0.2, 0) is 32.7 Å². The summed E-state index contributed by atoms with van der Waals surface area (Å²) in [4.78, 5) is 49.9. The lowest BCUT2D eigenvalue weighted by atomic mass is 10.1. The van der Waals surface area contributed by atoms with Crippen molar-refractivity contribution >= 4 is 43.7 Å². The summed E-state index contributed by atoms with van der Waals surface area (Å²) in [6.07, 6.45) is 0.472. The van der Waals surface area contributed by atoms with Gasteiger partial charge < -0.3 is 45.4 Å². The van der Waals surface area contributed by atoms with Crippen LogP contribution in [0.15, 0.2) is 0 Å². The number of phosphoric ester groups is 1. The van der Waals surface area contributed by atoms with E-state index < -0.39 is 20.1 Å². The first-order valence-electron chi connectivity index (χ1n) is 12.8. The summed E-state index contributed by atoms with van der Waals surface area (Å²) in [5.74, 6) is 0.363. The number of carboxylic acid groups (broad SMARTS) is 3. The molecule has 0 aromatic rings. The number of nitrogens with one attached hydrogen (secondary N) is 2. The molecule has 0 aliphatic rings. The number of hydrogen-bond donors (Lipinski definition) is 7. The van der Waals surface area contributed by atoms with Crippen LogP contribution in [0.5, 0.6) is 0 Å². The van der Waals surface area contributed by atoms with Crippen LogP contribution in [0.3, 0.4) is 0 Å². The van der Waals surface area contributed by atoms with E-state index in [9.17, 15) is 23.8 Å². The maximum Gasteiger partial charge on any atom is 0.505 e. The van der Waals surface area contributed by atoms with Crippen molar-refractivity contribution in [2.45, 2.75) is 65.9 Å². The number of carbonyl (C=O) groups is 4. The van der Waals surface area contributed by atoms with Crippen molar-refractivity contribution in [3.63, 3.8) is 0 Å². The van der Waals surface area contributed by atoms with Crippen LogP contribution >= 0.6 is 19.6 Å². The Kier molecular flexibility index (Phi) is 34.4. The third kappa shape index (κ3) is 45.1. The molecule has 41 heavy (non-hydrogen) atoms. The Balaban J connectivity index is -0.000000287. The number of carbonyl (C=O) groups excluding carboxylic acids is 2. The molecule has 1 unspecified atom stereocenters. The van der Waals surface area contributed by atoms with Crippen molar-refractivity contribution < 1.29 is 67.6 Å². The normalized spacial score (nSPS) is 11.5. The highest BCUT2D eigenvalue weighted by Gasteiger charge is 2.20. The second kappa shape index (κ2) is 30.8. The zero-order valence-corrected chi connectivity index (χ0v) is 26.5. The predicted molar refractivity (Wildman–Crippen MR) is 153 cm³/mol. The Labute approximate surface area is 246 Å². The molecule has 0 saturated heterocycles. The Bertz CT molecular complexity index is 724. The van der Waals surface area contributed by atoms with E-state index in [4.69, 9.17) is 30.0 Å². The Morgan fingerprint density at radius 3 is 1.90 bits per heavy atom. The number of thioether (sulfide) groups is 1. The fourth-order valence-corrected chi connectivity index (χ4v) is 3.26. The number of rotatable bonds is 19. The smallest absolute Gasteiger partial charge is 0.450 e. The summed E-state index contributed by atoms with van der Waals surface area (Å²) in [5.41, 5.74) is -0.320. The fraction of sp³-hybridized carbons (Fsp3) is 0.826. The fourth-order valence-electron chi connectivity index (χ4n) is 2.14. The molecule has 0 aliphatic carbocycles. The zero-order chi connectivity index (χ0) is 32.7. The molecular weight excluding hydrogens is 591 g/mol. The molecule has 0 fully saturated rings. The van der Waals surface area contributed by atoms with Crippen molar-refractivity contribution in [2.75, 3.05) is 58.1 Å². The number of phosphoric acid groups is 1. The van der Waals surface area contributed by atoms with Gasteiger partial charge in [-0.3, -0.25) is 18.6 Å². The highest BCUT2D eigenvalue weighted by Crippen LogP contribution is 2.42. The lowest BCUT2D eigenvalue weighted by molar-refractivity contribution is -0.121. The lowest BCUT2D eigenvalue weighted by Crippen LogP contribution is -2.33. The number of hydrogen-bond acceptors (Lipinski definition) is 11. The van der Waals surface area contributed by atoms with Gasteiger partial charge in [-0.05, 0) is 32.9 Å². The first kappa shape index (κ1) is 45.8. The van der Waals surface area contributed by atoms with E-state index in [1.165, 1.54) is 11.8 Å². The molecule has 0 aromatic heterocycles. The van der Waals surface area contributed by atoms with Crippen LogP contribution in [0.4, 0.5) is 9.59 Å². The summed E-state index contributed by atoms with van der Waals surface area (Å²) >= 11 is 1.50. The van der Waals surface area contributed by atoms with Gasteiger partial charge in [-0.2, -0.15) is 11.8 Å². The predicted octanol–water partition coefficient (Wildman–Crippen LogP) is 3.01. The molecule has 0 heterocycles. The minimum Gasteiger partial charge on any atom is -0.450 e. The van der Waals surface area contributed by atoms with Crippen LogP contribution in [0.2, 0.25) is 0 Å². The molecule has 0 radical (unpaired) electrons. The second-order valence-electron chi connectivity index (χ2n) is 7.85. The molecule has 0 aliphatic heterocycles. The molecule has 18 heteroatoms. The van der Waals surface area contributed by atoms with Crippen molar-refractivity contribution in [3.8, 4) is 0 Å². The molecule has 0 spiro atoms. The van der Waals surface area contributed by atoms with E-state index in [1.807, 2.05) is 40.9 Å². The summed E-state index contributed by atoms with van der Waals surface area (Å²) in [7, 11) is -4.19. The molecule has 246 valence electrons. The number of aliphatic hydroxyl groups is 1. The van der Waals surface area contributed by atoms with Gasteiger partial charge in [0, 0.05) is 32.5 Å². The molecule has 0 saturated carbocycles. The highest BCUT2D eigenvalue weighted by molar-refractivity contribution is 7.99. The number of amides is 2. The van der Waals surface area contributed by atoms with Gasteiger partial charge in [0.1, 0.15) is 0 Å². The average molecular weight is 641 g/mol. The van der Waals surface area contributed by atoms with E-state index in [0.717, 1.165) is 0 Å². The Morgan fingerprint density at radius 1 is 0.902 bits per heavy atom. The van der Waals surface area contributed by atoms with E-state index in [1.54, 1.807) is 0 Å². The topological polar surface area (TPSA) is 247 Å². The summed E-state index contributed by atoms with van der Waals surface area (Å²) in [6, 6.07) is 0. The first-order valence-corrected chi connectivity index (χ1v) is 15.7. The SMILES string of the molecule is CC.CCCC(=O)NCCOP(=O)(O)OCCCOC(=O)O.CSCC(=O)NCCOC(C)(C)CCO.O=C(O)O. The van der Waals surface area contributed by atoms with Gasteiger partial charge >= 0.3 is 20.1 Å². The third-order valence-corrected chi connectivity index (χ3v) is 5.40. The molecule has 7 N–H and O–H groups in total. The van der Waals surface area contributed by atoms with E-state index in [0.29, 0.717) is 38.2 Å². The van der Waals surface area contributed by atoms with Crippen LogP contribution in [0, 0.1) is 0 Å². The van der Waals surface area contributed by atoms with E-state index >= 15 is 0 Å². The van der Waals surface area contributed by atoms with Crippen LogP contribution in [0.1, 0.15) is 60.3 Å². The molecule has 16 nitrogen and oxygen atoms in total. The quantitative estimate of drug-likeness (QED) is 0.0609. The monoisotopic (exact) mass is 640 g/mol. The van der Waals surface area contributed by atoms with Gasteiger partial charge in [-0.25, -0.2) is 14.2 Å². The van der Waals surface area contributed by atoms with Gasteiger partial charge in [0.2, 0.25) is 11.8 Å². The van der Waals surface area contributed by atoms with E-state index in [-0.39, 0.29) is 56.8 Å². The van der Waals surface area contributed by atoms with Gasteiger partial charge in [-0.15, -0.1) is 0 Å². The maximum atomic E-state index is 11.3. The molecule has 0 bridgehead atoms. The largest absolute Gasteiger partial charge is 0.505 e. The lowest BCUT2D eigenvalue weighted by Gasteiger charge is -2.24. The molecule has 2 amide bonds. The van der Waals surface area contributed by atoms with Gasteiger partial charge in [0.05, 0.1) is 37.8 Å². The van der Waals surface area contributed by atoms with Gasteiger partial charge in [-0.1, -0.05) is 20.8 Å².